The molecule has 0 saturated heterocycles. The first-order valence-electron chi connectivity index (χ1n) is 10.3. The first kappa shape index (κ1) is 24.4. The Morgan fingerprint density at radius 3 is 1.44 bits per heavy atom. The molecule has 3 rings (SSSR count). The van der Waals surface area contributed by atoms with Gasteiger partial charge in [-0.3, -0.25) is 0 Å². The molecular weight excluding hydrogens is 444 g/mol. The third kappa shape index (κ3) is 8.03. The number of carboxylic acids is 2. The van der Waals surface area contributed by atoms with Crippen molar-refractivity contribution in [2.75, 3.05) is 13.2 Å². The lowest BCUT2D eigenvalue weighted by Crippen LogP contribution is -2.09. The molecule has 0 unspecified atom stereocenters. The lowest BCUT2D eigenvalue weighted by atomic mass is 10.2. The summed E-state index contributed by atoms with van der Waals surface area (Å²) in [4.78, 5) is 21.3. The fourth-order valence-corrected chi connectivity index (χ4v) is 2.96. The first-order chi connectivity index (χ1) is 16.4. The maximum Gasteiger partial charge on any atom is 0.341 e. The van der Waals surface area contributed by atoms with Crippen molar-refractivity contribution in [2.45, 2.75) is 19.8 Å². The Morgan fingerprint density at radius 1 is 0.588 bits per heavy atom. The topological polar surface area (TPSA) is 132 Å². The average Bonchev–Trinajstić information content (AvgIpc) is 2.84. The predicted molar refractivity (Wildman–Crippen MR) is 120 cm³/mol. The molecule has 0 spiro atoms. The quantitative estimate of drug-likeness (QED) is 0.346. The van der Waals surface area contributed by atoms with Crippen LogP contribution in [0.1, 0.15) is 16.7 Å². The van der Waals surface area contributed by atoms with Gasteiger partial charge in [-0.05, 0) is 53.1 Å². The summed E-state index contributed by atoms with van der Waals surface area (Å²) in [6, 6.07) is 18.9. The van der Waals surface area contributed by atoms with Crippen molar-refractivity contribution < 1.29 is 43.9 Å². The van der Waals surface area contributed by atoms with E-state index in [1.165, 1.54) is 0 Å². The van der Waals surface area contributed by atoms with Crippen LogP contribution in [0, 0.1) is 0 Å². The summed E-state index contributed by atoms with van der Waals surface area (Å²) in [5.41, 5.74) is 2.15. The monoisotopic (exact) mass is 468 g/mol. The molecule has 0 amide bonds. The summed E-state index contributed by atoms with van der Waals surface area (Å²) in [7, 11) is 0. The Kier molecular flexibility index (Phi) is 8.70. The number of rotatable bonds is 13. The summed E-state index contributed by atoms with van der Waals surface area (Å²) in [5.74, 6) is -0.310. The standard InChI is InChI=1S/C25H24O9/c26-12-19-9-22(31-13-17-3-1-5-20(7-17)33-15-24(27)28)11-23(10-19)32-14-18-4-2-6-21(8-18)34-16-25(29)30/h1-11,26H,12-16H2,(H,27,28)(H,29,30). The van der Waals surface area contributed by atoms with Crippen molar-refractivity contribution in [3.8, 4) is 23.0 Å². The molecule has 0 atom stereocenters. The molecule has 0 aromatic heterocycles. The van der Waals surface area contributed by atoms with E-state index in [9.17, 15) is 14.7 Å². The Morgan fingerprint density at radius 2 is 1.03 bits per heavy atom. The van der Waals surface area contributed by atoms with E-state index in [2.05, 4.69) is 0 Å². The van der Waals surface area contributed by atoms with Gasteiger partial charge in [0.2, 0.25) is 0 Å². The van der Waals surface area contributed by atoms with E-state index in [-0.39, 0.29) is 19.8 Å². The summed E-state index contributed by atoms with van der Waals surface area (Å²) >= 11 is 0. The van der Waals surface area contributed by atoms with Gasteiger partial charge < -0.3 is 34.3 Å². The molecular formula is C25H24O9. The third-order valence-electron chi connectivity index (χ3n) is 4.45. The zero-order chi connectivity index (χ0) is 24.3. The van der Waals surface area contributed by atoms with Gasteiger partial charge in [0, 0.05) is 6.07 Å². The smallest absolute Gasteiger partial charge is 0.341 e. The van der Waals surface area contributed by atoms with Crippen molar-refractivity contribution in [1.29, 1.82) is 0 Å². The zero-order valence-electron chi connectivity index (χ0n) is 18.2. The van der Waals surface area contributed by atoms with Crippen LogP contribution in [0.5, 0.6) is 23.0 Å². The molecule has 0 heterocycles. The fourth-order valence-electron chi connectivity index (χ4n) is 2.96. The number of aliphatic hydroxyl groups is 1. The highest BCUT2D eigenvalue weighted by Gasteiger charge is 2.07. The van der Waals surface area contributed by atoms with E-state index in [1.54, 1.807) is 54.6 Å². The van der Waals surface area contributed by atoms with Gasteiger partial charge in [-0.1, -0.05) is 24.3 Å². The van der Waals surface area contributed by atoms with E-state index in [1.807, 2.05) is 12.1 Å². The van der Waals surface area contributed by atoms with Crippen LogP contribution in [0.15, 0.2) is 66.7 Å². The molecule has 9 nitrogen and oxygen atoms in total. The number of hydrogen-bond acceptors (Lipinski definition) is 7. The van der Waals surface area contributed by atoms with Gasteiger partial charge in [0.1, 0.15) is 36.2 Å². The highest BCUT2D eigenvalue weighted by Crippen LogP contribution is 2.26. The number of hydrogen-bond donors (Lipinski definition) is 3. The molecule has 0 saturated carbocycles. The number of ether oxygens (including phenoxy) is 4. The number of aliphatic carboxylic acids is 2. The minimum absolute atomic E-state index is 0.196. The summed E-state index contributed by atoms with van der Waals surface area (Å²) in [5, 5.41) is 27.1. The average molecular weight is 468 g/mol. The SMILES string of the molecule is O=C(O)COc1cccc(COc2cc(CO)cc(OCc3cccc(OCC(=O)O)c3)c2)c1. The molecule has 3 aromatic carbocycles. The van der Waals surface area contributed by atoms with E-state index in [0.29, 0.717) is 28.6 Å². The van der Waals surface area contributed by atoms with Crippen LogP contribution in [0.4, 0.5) is 0 Å². The zero-order valence-corrected chi connectivity index (χ0v) is 18.2. The van der Waals surface area contributed by atoms with E-state index in [0.717, 1.165) is 11.1 Å². The Bertz CT molecular complexity index is 1040. The minimum atomic E-state index is -1.06. The molecule has 3 aromatic rings. The van der Waals surface area contributed by atoms with E-state index >= 15 is 0 Å². The van der Waals surface area contributed by atoms with Crippen LogP contribution < -0.4 is 18.9 Å². The van der Waals surface area contributed by atoms with Crippen LogP contribution in [0.2, 0.25) is 0 Å². The van der Waals surface area contributed by atoms with Crippen LogP contribution in [-0.4, -0.2) is 40.5 Å². The van der Waals surface area contributed by atoms with Gasteiger partial charge >= 0.3 is 11.9 Å². The second kappa shape index (κ2) is 12.1. The molecule has 0 aliphatic rings. The predicted octanol–water partition coefficient (Wildman–Crippen LogP) is 3.26. The Hall–Kier alpha value is -4.24. The van der Waals surface area contributed by atoms with Gasteiger partial charge in [0.25, 0.3) is 0 Å². The van der Waals surface area contributed by atoms with Crippen LogP contribution >= 0.6 is 0 Å². The fraction of sp³-hybridized carbons (Fsp3) is 0.200. The normalized spacial score (nSPS) is 10.4. The molecule has 9 heteroatoms. The van der Waals surface area contributed by atoms with Gasteiger partial charge in [-0.25, -0.2) is 9.59 Å². The van der Waals surface area contributed by atoms with Crippen LogP contribution in [-0.2, 0) is 29.4 Å². The summed E-state index contributed by atoms with van der Waals surface area (Å²) < 4.78 is 22.0. The number of benzene rings is 3. The highest BCUT2D eigenvalue weighted by atomic mass is 16.5. The number of carboxylic acid groups (broad SMARTS) is 2. The molecule has 3 N–H and O–H groups in total. The van der Waals surface area contributed by atoms with Crippen molar-refractivity contribution in [2.24, 2.45) is 0 Å². The third-order valence-corrected chi connectivity index (χ3v) is 4.45. The number of aliphatic hydroxyl groups excluding tert-OH is 1. The van der Waals surface area contributed by atoms with Crippen molar-refractivity contribution in [1.82, 2.24) is 0 Å². The molecule has 34 heavy (non-hydrogen) atoms. The molecule has 0 fully saturated rings. The van der Waals surface area contributed by atoms with Crippen LogP contribution in [0.3, 0.4) is 0 Å². The second-order valence-corrected chi connectivity index (χ2v) is 7.21. The van der Waals surface area contributed by atoms with Crippen molar-refractivity contribution in [3.63, 3.8) is 0 Å². The lowest BCUT2D eigenvalue weighted by Gasteiger charge is -2.13. The first-order valence-corrected chi connectivity index (χ1v) is 10.3. The van der Waals surface area contributed by atoms with Gasteiger partial charge in [0.05, 0.1) is 6.61 Å². The second-order valence-electron chi connectivity index (χ2n) is 7.21. The summed E-state index contributed by atoms with van der Waals surface area (Å²) in [6.45, 7) is -0.677. The molecule has 0 radical (unpaired) electrons. The van der Waals surface area contributed by atoms with Crippen molar-refractivity contribution >= 4 is 11.9 Å². The van der Waals surface area contributed by atoms with E-state index < -0.39 is 25.2 Å². The molecule has 0 bridgehead atoms. The largest absolute Gasteiger partial charge is 0.489 e. The maximum atomic E-state index is 10.7. The maximum absolute atomic E-state index is 10.7. The summed E-state index contributed by atoms with van der Waals surface area (Å²) in [6.07, 6.45) is 0. The Balaban J connectivity index is 1.62. The van der Waals surface area contributed by atoms with Gasteiger partial charge in [-0.15, -0.1) is 0 Å². The van der Waals surface area contributed by atoms with E-state index in [4.69, 9.17) is 29.2 Å². The highest BCUT2D eigenvalue weighted by molar-refractivity contribution is 5.68. The van der Waals surface area contributed by atoms with Gasteiger partial charge in [-0.2, -0.15) is 0 Å². The van der Waals surface area contributed by atoms with Crippen LogP contribution in [0.25, 0.3) is 0 Å². The lowest BCUT2D eigenvalue weighted by molar-refractivity contribution is -0.140. The molecule has 0 aliphatic heterocycles. The Labute approximate surface area is 195 Å². The van der Waals surface area contributed by atoms with Crippen molar-refractivity contribution in [3.05, 3.63) is 83.4 Å². The molecule has 0 aliphatic carbocycles. The number of carbonyl (C=O) groups is 2. The molecule has 178 valence electrons. The van der Waals surface area contributed by atoms with Gasteiger partial charge in [0.15, 0.2) is 13.2 Å². The minimum Gasteiger partial charge on any atom is -0.489 e.